The maximum absolute atomic E-state index is 12.9. The minimum absolute atomic E-state index is 0.222. The number of carbonyl (C=O) groups is 1. The van der Waals surface area contributed by atoms with Crippen molar-refractivity contribution in [3.63, 3.8) is 0 Å². The lowest BCUT2D eigenvalue weighted by atomic mass is 9.88. The molecule has 1 amide bonds. The summed E-state index contributed by atoms with van der Waals surface area (Å²) in [4.78, 5) is 19.6. The van der Waals surface area contributed by atoms with Crippen molar-refractivity contribution in [2.24, 2.45) is 5.92 Å². The molecule has 0 saturated carbocycles. The Morgan fingerprint density at radius 3 is 2.47 bits per heavy atom. The highest BCUT2D eigenvalue weighted by atomic mass is 32.1. The van der Waals surface area contributed by atoms with Gasteiger partial charge in [0.05, 0.1) is 11.5 Å². The third-order valence-corrected chi connectivity index (χ3v) is 8.80. The largest absolute Gasteiger partial charge is 0.381 e. The molecule has 0 radical (unpaired) electrons. The monoisotopic (exact) mass is 452 g/mol. The molecule has 3 aliphatic rings. The topological polar surface area (TPSA) is 32.8 Å². The Labute approximate surface area is 196 Å². The molecular formula is C27H36N2O2S. The first-order chi connectivity index (χ1) is 15.7. The Bertz CT molecular complexity index is 902. The van der Waals surface area contributed by atoms with Crippen LogP contribution in [-0.2, 0) is 4.74 Å². The first-order valence-corrected chi connectivity index (χ1v) is 13.3. The maximum atomic E-state index is 12.9. The van der Waals surface area contributed by atoms with Gasteiger partial charge in [0.15, 0.2) is 0 Å². The molecule has 4 nitrogen and oxygen atoms in total. The molecule has 0 N–H and O–H groups in total. The van der Waals surface area contributed by atoms with E-state index in [-0.39, 0.29) is 5.91 Å². The van der Waals surface area contributed by atoms with Gasteiger partial charge in [-0.05, 0) is 93.1 Å². The third kappa shape index (κ3) is 4.95. The highest BCUT2D eigenvalue weighted by Crippen LogP contribution is 2.35. The fraction of sp³-hybridized carbons (Fsp3) is 0.593. The molecule has 5 rings (SSSR count). The summed E-state index contributed by atoms with van der Waals surface area (Å²) in [5, 5.41) is 0. The van der Waals surface area contributed by atoms with E-state index in [1.54, 1.807) is 11.3 Å². The number of nitrogens with zero attached hydrogens (tertiary/aromatic N) is 2. The lowest BCUT2D eigenvalue weighted by Gasteiger charge is -2.35. The number of carbonyl (C=O) groups excluding carboxylic acids is 1. The quantitative estimate of drug-likeness (QED) is 0.595. The van der Waals surface area contributed by atoms with Crippen molar-refractivity contribution < 1.29 is 9.53 Å². The second-order valence-electron chi connectivity index (χ2n) is 9.90. The van der Waals surface area contributed by atoms with Crippen LogP contribution in [0.3, 0.4) is 0 Å². The van der Waals surface area contributed by atoms with Crippen LogP contribution in [-0.4, -0.2) is 61.6 Å². The average molecular weight is 453 g/mol. The number of ether oxygens (including phenoxy) is 1. The smallest absolute Gasteiger partial charge is 0.264 e. The van der Waals surface area contributed by atoms with Crippen molar-refractivity contribution >= 4 is 17.2 Å². The second-order valence-corrected chi connectivity index (χ2v) is 11.0. The van der Waals surface area contributed by atoms with Crippen LogP contribution in [0.25, 0.3) is 10.4 Å². The van der Waals surface area contributed by atoms with Gasteiger partial charge < -0.3 is 14.5 Å². The van der Waals surface area contributed by atoms with Gasteiger partial charge in [-0.2, -0.15) is 0 Å². The molecule has 3 saturated heterocycles. The first-order valence-electron chi connectivity index (χ1n) is 12.5. The average Bonchev–Trinajstić information content (AvgIpc) is 3.50. The van der Waals surface area contributed by atoms with Crippen LogP contribution in [0.15, 0.2) is 30.3 Å². The zero-order valence-corrected chi connectivity index (χ0v) is 20.2. The molecule has 1 aromatic heterocycles. The van der Waals surface area contributed by atoms with Crippen molar-refractivity contribution in [2.75, 3.05) is 45.9 Å². The molecule has 1 unspecified atom stereocenters. The van der Waals surface area contributed by atoms with Gasteiger partial charge in [0.25, 0.3) is 5.91 Å². The van der Waals surface area contributed by atoms with Gasteiger partial charge >= 0.3 is 0 Å². The van der Waals surface area contributed by atoms with E-state index in [1.807, 2.05) is 4.90 Å². The highest BCUT2D eigenvalue weighted by molar-refractivity contribution is 7.17. The van der Waals surface area contributed by atoms with E-state index in [2.05, 4.69) is 42.2 Å². The zero-order chi connectivity index (χ0) is 21.9. The van der Waals surface area contributed by atoms with Crippen molar-refractivity contribution in [3.05, 3.63) is 46.3 Å². The fourth-order valence-electron chi connectivity index (χ4n) is 5.59. The van der Waals surface area contributed by atoms with E-state index in [4.69, 9.17) is 4.74 Å². The van der Waals surface area contributed by atoms with Crippen molar-refractivity contribution in [1.82, 2.24) is 9.80 Å². The molecular weight excluding hydrogens is 416 g/mol. The van der Waals surface area contributed by atoms with Crippen LogP contribution in [0.1, 0.15) is 65.2 Å². The number of thiophene rings is 1. The van der Waals surface area contributed by atoms with Gasteiger partial charge in [-0.1, -0.05) is 24.3 Å². The molecule has 0 spiro atoms. The summed E-state index contributed by atoms with van der Waals surface area (Å²) in [6, 6.07) is 11.4. The minimum Gasteiger partial charge on any atom is -0.381 e. The van der Waals surface area contributed by atoms with Crippen LogP contribution in [0, 0.1) is 12.8 Å². The summed E-state index contributed by atoms with van der Waals surface area (Å²) in [6.07, 6.45) is 7.33. The number of benzene rings is 1. The highest BCUT2D eigenvalue weighted by Gasteiger charge is 2.25. The number of likely N-dealkylation sites (tertiary alicyclic amines) is 2. The number of rotatable bonds is 5. The van der Waals surface area contributed by atoms with Crippen LogP contribution in [0.2, 0.25) is 0 Å². The van der Waals surface area contributed by atoms with Gasteiger partial charge in [-0.3, -0.25) is 4.79 Å². The van der Waals surface area contributed by atoms with Crippen molar-refractivity contribution in [2.45, 2.75) is 51.4 Å². The normalized spacial score (nSPS) is 23.0. The SMILES string of the molecule is Cc1cc(-c2ccc(C3CCN(CC4CCCOC4)CC3)cc2)sc1C(=O)N1CCCC1. The summed E-state index contributed by atoms with van der Waals surface area (Å²) in [5.74, 6) is 1.62. The molecule has 2 aromatic rings. The molecule has 0 aliphatic carbocycles. The van der Waals surface area contributed by atoms with Gasteiger partial charge in [0, 0.05) is 31.1 Å². The summed E-state index contributed by atoms with van der Waals surface area (Å²) in [5.41, 5.74) is 3.81. The molecule has 32 heavy (non-hydrogen) atoms. The maximum Gasteiger partial charge on any atom is 0.264 e. The van der Waals surface area contributed by atoms with Crippen LogP contribution >= 0.6 is 11.3 Å². The molecule has 3 fully saturated rings. The zero-order valence-electron chi connectivity index (χ0n) is 19.4. The second kappa shape index (κ2) is 10.1. The number of aryl methyl sites for hydroxylation is 1. The summed E-state index contributed by atoms with van der Waals surface area (Å²) in [6.45, 7) is 9.42. The Hall–Kier alpha value is -1.69. The third-order valence-electron chi connectivity index (χ3n) is 7.53. The number of amides is 1. The van der Waals surface area contributed by atoms with E-state index < -0.39 is 0 Å². The first kappa shape index (κ1) is 22.1. The summed E-state index contributed by atoms with van der Waals surface area (Å²) in [7, 11) is 0. The van der Waals surface area contributed by atoms with Crippen LogP contribution < -0.4 is 0 Å². The molecule has 1 atom stereocenters. The lowest BCUT2D eigenvalue weighted by molar-refractivity contribution is 0.0346. The lowest BCUT2D eigenvalue weighted by Crippen LogP contribution is -2.38. The Balaban J connectivity index is 1.19. The minimum atomic E-state index is 0.222. The van der Waals surface area contributed by atoms with E-state index in [9.17, 15) is 4.79 Å². The fourth-order valence-corrected chi connectivity index (χ4v) is 6.73. The standard InChI is InChI=1S/C27H36N2O2S/c1-20-17-25(32-26(20)27(30)29-12-2-3-13-29)24-8-6-22(7-9-24)23-10-14-28(15-11-23)18-21-5-4-16-31-19-21/h6-9,17,21,23H,2-5,10-16,18-19H2,1H3. The predicted molar refractivity (Wildman–Crippen MR) is 132 cm³/mol. The van der Waals surface area contributed by atoms with Crippen LogP contribution in [0.5, 0.6) is 0 Å². The Kier molecular flexibility index (Phi) is 6.96. The van der Waals surface area contributed by atoms with Gasteiger partial charge in [0.2, 0.25) is 0 Å². The van der Waals surface area contributed by atoms with Crippen LogP contribution in [0.4, 0.5) is 0 Å². The molecule has 172 valence electrons. The van der Waals surface area contributed by atoms with E-state index >= 15 is 0 Å². The summed E-state index contributed by atoms with van der Waals surface area (Å²) < 4.78 is 5.66. The van der Waals surface area contributed by atoms with Gasteiger partial charge in [-0.15, -0.1) is 11.3 Å². The van der Waals surface area contributed by atoms with Crippen molar-refractivity contribution in [1.29, 1.82) is 0 Å². The van der Waals surface area contributed by atoms with Gasteiger partial charge in [-0.25, -0.2) is 0 Å². The number of piperidine rings is 1. The molecule has 5 heteroatoms. The van der Waals surface area contributed by atoms with E-state index in [1.165, 1.54) is 61.3 Å². The predicted octanol–water partition coefficient (Wildman–Crippen LogP) is 5.57. The molecule has 3 aliphatic heterocycles. The molecule has 1 aromatic carbocycles. The molecule has 4 heterocycles. The molecule has 0 bridgehead atoms. The van der Waals surface area contributed by atoms with E-state index in [0.717, 1.165) is 55.5 Å². The Morgan fingerprint density at radius 1 is 1.03 bits per heavy atom. The van der Waals surface area contributed by atoms with E-state index in [0.29, 0.717) is 5.92 Å². The number of hydrogen-bond acceptors (Lipinski definition) is 4. The Morgan fingerprint density at radius 2 is 1.78 bits per heavy atom. The van der Waals surface area contributed by atoms with Gasteiger partial charge in [0.1, 0.15) is 0 Å². The number of hydrogen-bond donors (Lipinski definition) is 0. The van der Waals surface area contributed by atoms with Crippen molar-refractivity contribution in [3.8, 4) is 10.4 Å². The summed E-state index contributed by atoms with van der Waals surface area (Å²) >= 11 is 1.66.